The molecule has 0 aliphatic rings. The summed E-state index contributed by atoms with van der Waals surface area (Å²) < 4.78 is 5.36. The summed E-state index contributed by atoms with van der Waals surface area (Å²) in [4.78, 5) is 14.1. The molecule has 0 saturated carbocycles. The predicted molar refractivity (Wildman–Crippen MR) is 72.1 cm³/mol. The maximum atomic E-state index is 11.0. The molecule has 6 nitrogen and oxygen atoms in total. The van der Waals surface area contributed by atoms with E-state index in [1.54, 1.807) is 6.07 Å². The number of nitriles is 1. The Morgan fingerprint density at radius 3 is 2.65 bits per heavy atom. The third-order valence-corrected chi connectivity index (χ3v) is 3.02. The summed E-state index contributed by atoms with van der Waals surface area (Å²) in [6.45, 7) is 0. The lowest BCUT2D eigenvalue weighted by molar-refractivity contribution is -0.385. The monoisotopic (exact) mass is 309 g/mol. The fourth-order valence-corrected chi connectivity index (χ4v) is 1.73. The van der Waals surface area contributed by atoms with Gasteiger partial charge in [0.15, 0.2) is 11.4 Å². The smallest absolute Gasteiger partial charge is 0.313 e. The maximum Gasteiger partial charge on any atom is 0.313 e. The van der Waals surface area contributed by atoms with Crippen molar-refractivity contribution in [1.82, 2.24) is 4.98 Å². The van der Waals surface area contributed by atoms with E-state index in [4.69, 9.17) is 33.2 Å². The van der Waals surface area contributed by atoms with Gasteiger partial charge in [0.1, 0.15) is 6.07 Å². The van der Waals surface area contributed by atoms with Gasteiger partial charge in [-0.25, -0.2) is 4.98 Å². The lowest BCUT2D eigenvalue weighted by Gasteiger charge is -2.08. The summed E-state index contributed by atoms with van der Waals surface area (Å²) in [5.41, 5.74) is -0.347. The fourth-order valence-electron chi connectivity index (χ4n) is 1.42. The zero-order valence-electron chi connectivity index (χ0n) is 9.71. The number of pyridine rings is 1. The number of ether oxygens (including phenoxy) is 1. The molecule has 2 rings (SSSR count). The third kappa shape index (κ3) is 2.79. The van der Waals surface area contributed by atoms with Gasteiger partial charge >= 0.3 is 5.69 Å². The van der Waals surface area contributed by atoms with Crippen LogP contribution in [-0.2, 0) is 0 Å². The Kier molecular flexibility index (Phi) is 4.03. The van der Waals surface area contributed by atoms with Crippen LogP contribution in [0.2, 0.25) is 10.0 Å². The van der Waals surface area contributed by atoms with Crippen LogP contribution < -0.4 is 4.74 Å². The number of halogens is 2. The standard InChI is InChI=1S/C12H5Cl2N3O3/c13-7-4-10(17(18)19)12(5-8(7)14)20-11-2-1-3-16-9(11)6-15/h1-5H. The van der Waals surface area contributed by atoms with E-state index in [-0.39, 0.29) is 32.9 Å². The van der Waals surface area contributed by atoms with E-state index in [1.165, 1.54) is 18.3 Å². The number of nitrogens with zero attached hydrogens (tertiary/aromatic N) is 3. The summed E-state index contributed by atoms with van der Waals surface area (Å²) in [6.07, 6.45) is 1.41. The van der Waals surface area contributed by atoms with Crippen molar-refractivity contribution in [1.29, 1.82) is 5.26 Å². The van der Waals surface area contributed by atoms with E-state index in [0.29, 0.717) is 0 Å². The van der Waals surface area contributed by atoms with Gasteiger partial charge < -0.3 is 4.74 Å². The average molecular weight is 310 g/mol. The lowest BCUT2D eigenvalue weighted by atomic mass is 10.3. The van der Waals surface area contributed by atoms with Gasteiger partial charge in [-0.3, -0.25) is 10.1 Å². The van der Waals surface area contributed by atoms with Gasteiger partial charge in [-0.1, -0.05) is 23.2 Å². The fraction of sp³-hybridized carbons (Fsp3) is 0. The normalized spacial score (nSPS) is 9.85. The molecule has 0 unspecified atom stereocenters. The summed E-state index contributed by atoms with van der Waals surface area (Å²) in [6, 6.07) is 7.14. The Morgan fingerprint density at radius 2 is 2.00 bits per heavy atom. The minimum atomic E-state index is -0.653. The van der Waals surface area contributed by atoms with Crippen LogP contribution in [0.3, 0.4) is 0 Å². The van der Waals surface area contributed by atoms with Crippen molar-refractivity contribution in [3.05, 3.63) is 56.3 Å². The number of benzene rings is 1. The van der Waals surface area contributed by atoms with Crippen molar-refractivity contribution in [3.63, 3.8) is 0 Å². The zero-order valence-corrected chi connectivity index (χ0v) is 11.2. The highest BCUT2D eigenvalue weighted by atomic mass is 35.5. The highest BCUT2D eigenvalue weighted by molar-refractivity contribution is 6.42. The Labute approximate surface area is 123 Å². The average Bonchev–Trinajstić information content (AvgIpc) is 2.43. The molecule has 8 heteroatoms. The number of nitro benzene ring substituents is 1. The molecule has 0 atom stereocenters. The molecule has 0 bridgehead atoms. The van der Waals surface area contributed by atoms with Gasteiger partial charge in [0, 0.05) is 18.3 Å². The Bertz CT molecular complexity index is 728. The molecule has 0 aliphatic heterocycles. The Morgan fingerprint density at radius 1 is 1.30 bits per heavy atom. The first-order valence-electron chi connectivity index (χ1n) is 5.19. The molecule has 0 amide bonds. The predicted octanol–water partition coefficient (Wildman–Crippen LogP) is 3.96. The van der Waals surface area contributed by atoms with E-state index in [1.807, 2.05) is 6.07 Å². The third-order valence-electron chi connectivity index (χ3n) is 2.30. The molecular weight excluding hydrogens is 305 g/mol. The van der Waals surface area contributed by atoms with Crippen LogP contribution in [0.5, 0.6) is 11.5 Å². The van der Waals surface area contributed by atoms with Crippen LogP contribution >= 0.6 is 23.2 Å². The van der Waals surface area contributed by atoms with Crippen molar-refractivity contribution < 1.29 is 9.66 Å². The van der Waals surface area contributed by atoms with Gasteiger partial charge in [-0.05, 0) is 12.1 Å². The highest BCUT2D eigenvalue weighted by Crippen LogP contribution is 2.38. The van der Waals surface area contributed by atoms with E-state index in [9.17, 15) is 10.1 Å². The first-order chi connectivity index (χ1) is 9.52. The van der Waals surface area contributed by atoms with Gasteiger partial charge in [0.2, 0.25) is 5.75 Å². The molecule has 2 aromatic rings. The van der Waals surface area contributed by atoms with E-state index < -0.39 is 4.92 Å². The second kappa shape index (κ2) is 5.74. The van der Waals surface area contributed by atoms with E-state index in [2.05, 4.69) is 4.98 Å². The number of nitro groups is 1. The van der Waals surface area contributed by atoms with Crippen molar-refractivity contribution >= 4 is 28.9 Å². The van der Waals surface area contributed by atoms with Gasteiger partial charge in [0.05, 0.1) is 15.0 Å². The van der Waals surface area contributed by atoms with Gasteiger partial charge in [-0.2, -0.15) is 5.26 Å². The van der Waals surface area contributed by atoms with Gasteiger partial charge in [-0.15, -0.1) is 0 Å². The van der Waals surface area contributed by atoms with Crippen molar-refractivity contribution in [2.75, 3.05) is 0 Å². The van der Waals surface area contributed by atoms with E-state index >= 15 is 0 Å². The summed E-state index contributed by atoms with van der Waals surface area (Å²) in [5, 5.41) is 20.0. The van der Waals surface area contributed by atoms with Crippen LogP contribution in [0.4, 0.5) is 5.69 Å². The molecule has 0 saturated heterocycles. The molecule has 20 heavy (non-hydrogen) atoms. The number of rotatable bonds is 3. The molecule has 1 heterocycles. The summed E-state index contributed by atoms with van der Waals surface area (Å²) >= 11 is 11.5. The van der Waals surface area contributed by atoms with Gasteiger partial charge in [0.25, 0.3) is 0 Å². The minimum Gasteiger partial charge on any atom is -0.447 e. The molecule has 0 N–H and O–H groups in total. The molecule has 0 fully saturated rings. The molecule has 1 aromatic carbocycles. The quantitative estimate of drug-likeness (QED) is 0.632. The molecule has 100 valence electrons. The van der Waals surface area contributed by atoms with Crippen LogP contribution in [-0.4, -0.2) is 9.91 Å². The molecular formula is C12H5Cl2N3O3. The van der Waals surface area contributed by atoms with Crippen LogP contribution in [0.1, 0.15) is 5.69 Å². The van der Waals surface area contributed by atoms with E-state index in [0.717, 1.165) is 6.07 Å². The Hall–Kier alpha value is -2.36. The number of hydrogen-bond acceptors (Lipinski definition) is 5. The van der Waals surface area contributed by atoms with Crippen LogP contribution in [0.15, 0.2) is 30.5 Å². The van der Waals surface area contributed by atoms with Crippen molar-refractivity contribution in [2.45, 2.75) is 0 Å². The maximum absolute atomic E-state index is 11.0. The summed E-state index contributed by atoms with van der Waals surface area (Å²) in [5.74, 6) is -0.0228. The first kappa shape index (κ1) is 14.1. The number of hydrogen-bond donors (Lipinski definition) is 0. The van der Waals surface area contributed by atoms with Crippen molar-refractivity contribution in [2.24, 2.45) is 0 Å². The van der Waals surface area contributed by atoms with Crippen LogP contribution in [0, 0.1) is 21.4 Å². The summed E-state index contributed by atoms with van der Waals surface area (Å²) in [7, 11) is 0. The molecule has 0 spiro atoms. The topological polar surface area (TPSA) is 89.0 Å². The number of aromatic nitrogens is 1. The zero-order chi connectivity index (χ0) is 14.7. The molecule has 0 radical (unpaired) electrons. The SMILES string of the molecule is N#Cc1ncccc1Oc1cc(Cl)c(Cl)cc1[N+](=O)[O-]. The largest absolute Gasteiger partial charge is 0.447 e. The second-order valence-corrected chi connectivity index (χ2v) is 4.37. The molecule has 0 aliphatic carbocycles. The van der Waals surface area contributed by atoms with Crippen molar-refractivity contribution in [3.8, 4) is 17.6 Å². The minimum absolute atomic E-state index is 0.00729. The second-order valence-electron chi connectivity index (χ2n) is 3.56. The Balaban J connectivity index is 2.51. The van der Waals surface area contributed by atoms with Crippen LogP contribution in [0.25, 0.3) is 0 Å². The highest BCUT2D eigenvalue weighted by Gasteiger charge is 2.20. The molecule has 1 aromatic heterocycles. The first-order valence-corrected chi connectivity index (χ1v) is 5.95. The lowest BCUT2D eigenvalue weighted by Crippen LogP contribution is -1.96.